The Morgan fingerprint density at radius 3 is 1.14 bits per heavy atom. The van der Waals surface area contributed by atoms with E-state index in [9.17, 15) is 0 Å². The number of rotatable bonds is 8. The van der Waals surface area contributed by atoms with Crippen molar-refractivity contribution < 1.29 is 4.74 Å². The van der Waals surface area contributed by atoms with E-state index in [1.807, 2.05) is 64.2 Å². The fraction of sp³-hybridized carbons (Fsp3) is 0.200. The lowest BCUT2D eigenvalue weighted by Crippen LogP contribution is -1.91. The number of ether oxygens (including phenoxy) is 1. The van der Waals surface area contributed by atoms with Gasteiger partial charge in [-0.25, -0.2) is 0 Å². The van der Waals surface area contributed by atoms with Crippen molar-refractivity contribution in [3.63, 3.8) is 0 Å². The molecule has 0 atom stereocenters. The molecule has 0 bridgehead atoms. The predicted octanol–water partition coefficient (Wildman–Crippen LogP) is 6.19. The van der Waals surface area contributed by atoms with Crippen LogP contribution in [0, 0.1) is 0 Å². The second-order valence-corrected chi connectivity index (χ2v) is 5.25. The molecule has 0 aliphatic rings. The summed E-state index contributed by atoms with van der Waals surface area (Å²) in [4.78, 5) is 0. The molecule has 0 aromatic heterocycles. The van der Waals surface area contributed by atoms with Gasteiger partial charge in [0.05, 0.1) is 0 Å². The van der Waals surface area contributed by atoms with Crippen molar-refractivity contribution >= 4 is 0 Å². The molecule has 1 heteroatoms. The van der Waals surface area contributed by atoms with Crippen LogP contribution >= 0.6 is 0 Å². The normalized spacial score (nSPS) is 12.8. The van der Waals surface area contributed by atoms with Crippen LogP contribution in [0.4, 0.5) is 0 Å². The number of hydrogen-bond donors (Lipinski definition) is 0. The Kier molecular flexibility index (Phi) is 8.55. The highest BCUT2D eigenvalue weighted by atomic mass is 16.5. The zero-order chi connectivity index (χ0) is 16.4. The minimum atomic E-state index is 0.698. The van der Waals surface area contributed by atoms with Crippen LogP contribution in [0.5, 0.6) is 0 Å². The lowest BCUT2D eigenvalue weighted by atomic mass is 10.2. The van der Waals surface area contributed by atoms with E-state index >= 15 is 0 Å². The Labute approximate surface area is 129 Å². The van der Waals surface area contributed by atoms with Crippen LogP contribution < -0.4 is 0 Å². The summed E-state index contributed by atoms with van der Waals surface area (Å²) in [6.07, 6.45) is 11.3. The van der Waals surface area contributed by atoms with Gasteiger partial charge in [0.2, 0.25) is 0 Å². The van der Waals surface area contributed by atoms with Gasteiger partial charge in [0.25, 0.3) is 0 Å². The van der Waals surface area contributed by atoms with Gasteiger partial charge in [0, 0.05) is 0 Å². The average Bonchev–Trinajstić information content (AvgIpc) is 2.31. The van der Waals surface area contributed by atoms with E-state index in [2.05, 4.69) is 26.3 Å². The van der Waals surface area contributed by atoms with Crippen LogP contribution in [0.2, 0.25) is 0 Å². The molecular weight excluding hydrogens is 256 g/mol. The van der Waals surface area contributed by atoms with E-state index in [0.717, 1.165) is 22.3 Å². The molecule has 0 amide bonds. The quantitative estimate of drug-likeness (QED) is 0.381. The second kappa shape index (κ2) is 9.60. The zero-order valence-corrected chi connectivity index (χ0v) is 13.7. The molecule has 0 aliphatic carbocycles. The van der Waals surface area contributed by atoms with Crippen molar-refractivity contribution in [1.82, 2.24) is 0 Å². The molecule has 0 aliphatic heterocycles. The molecule has 21 heavy (non-hydrogen) atoms. The Hall–Kier alpha value is -2.28. The third kappa shape index (κ3) is 11.3. The minimum absolute atomic E-state index is 0.698. The first-order valence-corrected chi connectivity index (χ1v) is 6.80. The lowest BCUT2D eigenvalue weighted by molar-refractivity contribution is 0.335. The maximum Gasteiger partial charge on any atom is 0.127 e. The van der Waals surface area contributed by atoms with Crippen LogP contribution in [0.1, 0.15) is 27.7 Å². The SMILES string of the molecule is C=C(C)/C=C(/C=C/C(=C)C)OC(/C=C/C(=C)C)=C/C(=C)C. The third-order valence-electron chi connectivity index (χ3n) is 2.08. The van der Waals surface area contributed by atoms with Crippen molar-refractivity contribution in [3.8, 4) is 0 Å². The first kappa shape index (κ1) is 18.7. The maximum absolute atomic E-state index is 5.92. The van der Waals surface area contributed by atoms with Gasteiger partial charge in [0.1, 0.15) is 11.5 Å². The fourth-order valence-corrected chi connectivity index (χ4v) is 1.29. The summed E-state index contributed by atoms with van der Waals surface area (Å²) in [5, 5.41) is 0. The van der Waals surface area contributed by atoms with Gasteiger partial charge >= 0.3 is 0 Å². The minimum Gasteiger partial charge on any atom is -0.457 e. The monoisotopic (exact) mass is 282 g/mol. The molecule has 0 aromatic carbocycles. The highest BCUT2D eigenvalue weighted by Gasteiger charge is 1.99. The van der Waals surface area contributed by atoms with Gasteiger partial charge in [-0.05, 0) is 52.0 Å². The predicted molar refractivity (Wildman–Crippen MR) is 94.8 cm³/mol. The van der Waals surface area contributed by atoms with Gasteiger partial charge in [-0.1, -0.05) is 60.8 Å². The van der Waals surface area contributed by atoms with Crippen molar-refractivity contribution in [2.75, 3.05) is 0 Å². The van der Waals surface area contributed by atoms with E-state index in [4.69, 9.17) is 4.74 Å². The summed E-state index contributed by atoms with van der Waals surface area (Å²) in [6.45, 7) is 23.2. The summed E-state index contributed by atoms with van der Waals surface area (Å²) in [6, 6.07) is 0. The van der Waals surface area contributed by atoms with Crippen molar-refractivity contribution in [1.29, 1.82) is 0 Å². The first-order valence-electron chi connectivity index (χ1n) is 6.80. The third-order valence-corrected chi connectivity index (χ3v) is 2.08. The van der Waals surface area contributed by atoms with Gasteiger partial charge in [-0.15, -0.1) is 0 Å². The average molecular weight is 282 g/mol. The highest BCUT2D eigenvalue weighted by Crippen LogP contribution is 2.15. The Morgan fingerprint density at radius 1 is 0.571 bits per heavy atom. The van der Waals surface area contributed by atoms with E-state index < -0.39 is 0 Å². The molecule has 0 radical (unpaired) electrons. The molecule has 0 saturated heterocycles. The van der Waals surface area contributed by atoms with E-state index in [0.29, 0.717) is 11.5 Å². The van der Waals surface area contributed by atoms with Crippen molar-refractivity contribution in [3.05, 3.63) is 96.6 Å². The maximum atomic E-state index is 5.92. The standard InChI is InChI=1S/C20H26O/c1-15(2)9-11-19(13-17(5)6)21-20(14-18(7)8)12-10-16(3)4/h9-14H,1,3,5,7H2,2,4,6,8H3/b11-9+,12-10+,19-13-,20-14+. The summed E-state index contributed by atoms with van der Waals surface area (Å²) < 4.78 is 5.92. The Balaban J connectivity index is 5.40. The lowest BCUT2D eigenvalue weighted by Gasteiger charge is -2.08. The molecule has 0 saturated carbocycles. The fourth-order valence-electron chi connectivity index (χ4n) is 1.29. The summed E-state index contributed by atoms with van der Waals surface area (Å²) >= 11 is 0. The van der Waals surface area contributed by atoms with Crippen LogP contribution in [0.15, 0.2) is 96.6 Å². The molecular formula is C20H26O. The molecule has 0 spiro atoms. The Morgan fingerprint density at radius 2 is 0.905 bits per heavy atom. The van der Waals surface area contributed by atoms with Crippen LogP contribution in [0.25, 0.3) is 0 Å². The number of allylic oxidation sites excluding steroid dienone is 10. The largest absolute Gasteiger partial charge is 0.457 e. The molecule has 0 aromatic rings. The Bertz CT molecular complexity index is 498. The smallest absolute Gasteiger partial charge is 0.127 e. The second-order valence-electron chi connectivity index (χ2n) is 5.25. The van der Waals surface area contributed by atoms with Gasteiger partial charge < -0.3 is 4.74 Å². The van der Waals surface area contributed by atoms with Gasteiger partial charge in [-0.3, -0.25) is 0 Å². The van der Waals surface area contributed by atoms with Crippen LogP contribution in [-0.2, 0) is 4.74 Å². The molecule has 0 rings (SSSR count). The zero-order valence-electron chi connectivity index (χ0n) is 13.7. The van der Waals surface area contributed by atoms with E-state index in [1.54, 1.807) is 0 Å². The van der Waals surface area contributed by atoms with E-state index in [-0.39, 0.29) is 0 Å². The molecule has 0 unspecified atom stereocenters. The summed E-state index contributed by atoms with van der Waals surface area (Å²) in [7, 11) is 0. The van der Waals surface area contributed by atoms with Crippen LogP contribution in [-0.4, -0.2) is 0 Å². The van der Waals surface area contributed by atoms with Crippen molar-refractivity contribution in [2.45, 2.75) is 27.7 Å². The molecule has 0 fully saturated rings. The van der Waals surface area contributed by atoms with Gasteiger partial charge in [0.15, 0.2) is 0 Å². The van der Waals surface area contributed by atoms with E-state index in [1.165, 1.54) is 0 Å². The van der Waals surface area contributed by atoms with Crippen LogP contribution in [0.3, 0.4) is 0 Å². The molecule has 0 N–H and O–H groups in total. The molecule has 0 heterocycles. The van der Waals surface area contributed by atoms with Crippen molar-refractivity contribution in [2.24, 2.45) is 0 Å². The van der Waals surface area contributed by atoms with Gasteiger partial charge in [-0.2, -0.15) is 0 Å². The summed E-state index contributed by atoms with van der Waals surface area (Å²) in [5.41, 5.74) is 3.73. The summed E-state index contributed by atoms with van der Waals surface area (Å²) in [5.74, 6) is 1.40. The topological polar surface area (TPSA) is 9.23 Å². The highest BCUT2D eigenvalue weighted by molar-refractivity contribution is 5.32. The molecule has 1 nitrogen and oxygen atoms in total. The number of hydrogen-bond acceptors (Lipinski definition) is 1. The first-order chi connectivity index (χ1) is 9.70. The molecule has 112 valence electrons.